The van der Waals surface area contributed by atoms with E-state index in [1.807, 2.05) is 45.0 Å². The van der Waals surface area contributed by atoms with Crippen LogP contribution in [0.1, 0.15) is 64.9 Å². The molecule has 26 heavy (non-hydrogen) atoms. The minimum absolute atomic E-state index is 0.00339. The van der Waals surface area contributed by atoms with Gasteiger partial charge in [-0.15, -0.1) is 0 Å². The zero-order chi connectivity index (χ0) is 19.2. The molecule has 0 saturated heterocycles. The first kappa shape index (κ1) is 20.5. The molecule has 1 aliphatic rings. The maximum atomic E-state index is 13.1. The fourth-order valence-corrected chi connectivity index (χ4v) is 3.54. The van der Waals surface area contributed by atoms with Crippen molar-refractivity contribution in [3.8, 4) is 0 Å². The molecule has 0 N–H and O–H groups in total. The van der Waals surface area contributed by atoms with Crippen LogP contribution in [0, 0.1) is 12.8 Å². The second-order valence-electron chi connectivity index (χ2n) is 8.15. The van der Waals surface area contributed by atoms with Crippen LogP contribution >= 0.6 is 0 Å². The first-order valence-electron chi connectivity index (χ1n) is 9.69. The van der Waals surface area contributed by atoms with Crippen molar-refractivity contribution >= 4 is 17.6 Å². The number of esters is 1. The Morgan fingerprint density at radius 1 is 1.15 bits per heavy atom. The van der Waals surface area contributed by atoms with Crippen LogP contribution in [0.3, 0.4) is 0 Å². The Bertz CT molecular complexity index is 612. The van der Waals surface area contributed by atoms with Gasteiger partial charge in [-0.2, -0.15) is 0 Å². The molecule has 0 unspecified atom stereocenters. The van der Waals surface area contributed by atoms with Crippen molar-refractivity contribution in [3.05, 3.63) is 36.8 Å². The molecular formula is C22H32NO3. The van der Waals surface area contributed by atoms with Crippen LogP contribution in [0.25, 0.3) is 0 Å². The average molecular weight is 359 g/mol. The summed E-state index contributed by atoms with van der Waals surface area (Å²) in [6.45, 7) is 9.41. The van der Waals surface area contributed by atoms with Crippen molar-refractivity contribution < 1.29 is 14.3 Å². The number of anilines is 1. The molecule has 1 radical (unpaired) electrons. The molecular weight excluding hydrogens is 326 g/mol. The van der Waals surface area contributed by atoms with E-state index in [1.54, 1.807) is 4.90 Å². The van der Waals surface area contributed by atoms with E-state index in [4.69, 9.17) is 4.74 Å². The molecule has 1 amide bonds. The molecule has 1 aliphatic carbocycles. The molecule has 1 saturated carbocycles. The first-order valence-corrected chi connectivity index (χ1v) is 9.69. The summed E-state index contributed by atoms with van der Waals surface area (Å²) >= 11 is 0. The van der Waals surface area contributed by atoms with Crippen molar-refractivity contribution in [2.45, 2.75) is 71.3 Å². The Morgan fingerprint density at radius 2 is 1.81 bits per heavy atom. The molecule has 1 aromatic carbocycles. The summed E-state index contributed by atoms with van der Waals surface area (Å²) in [7, 11) is 0. The van der Waals surface area contributed by atoms with Gasteiger partial charge in [-0.3, -0.25) is 9.59 Å². The molecule has 0 bridgehead atoms. The molecule has 1 fully saturated rings. The highest BCUT2D eigenvalue weighted by molar-refractivity contribution is 5.98. The summed E-state index contributed by atoms with van der Waals surface area (Å²) in [5.74, 6) is 0.0429. The predicted molar refractivity (Wildman–Crippen MR) is 105 cm³/mol. The topological polar surface area (TPSA) is 46.6 Å². The van der Waals surface area contributed by atoms with E-state index in [1.165, 1.54) is 19.3 Å². The first-order chi connectivity index (χ1) is 12.3. The van der Waals surface area contributed by atoms with Crippen molar-refractivity contribution in [1.82, 2.24) is 0 Å². The van der Waals surface area contributed by atoms with Gasteiger partial charge in [-0.05, 0) is 64.5 Å². The minimum atomic E-state index is -0.568. The molecule has 4 heteroatoms. The van der Waals surface area contributed by atoms with Gasteiger partial charge in [0.25, 0.3) is 0 Å². The monoisotopic (exact) mass is 358 g/mol. The van der Waals surface area contributed by atoms with Gasteiger partial charge in [0.05, 0.1) is 0 Å². The summed E-state index contributed by atoms with van der Waals surface area (Å²) in [6.07, 6.45) is 6.91. The molecule has 4 nitrogen and oxygen atoms in total. The number of para-hydroxylation sites is 1. The Hall–Kier alpha value is -1.84. The third-order valence-electron chi connectivity index (χ3n) is 4.75. The van der Waals surface area contributed by atoms with E-state index in [9.17, 15) is 9.59 Å². The van der Waals surface area contributed by atoms with Crippen LogP contribution in [0.15, 0.2) is 24.3 Å². The SMILES string of the molecule is [CH2]Cc1ccccc1N(CC(=O)OC(C)(C)C)C(=O)CC1CCCCC1. The third-order valence-corrected chi connectivity index (χ3v) is 4.75. The van der Waals surface area contributed by atoms with Gasteiger partial charge in [-0.25, -0.2) is 0 Å². The summed E-state index contributed by atoms with van der Waals surface area (Å²) in [5.41, 5.74) is 1.17. The van der Waals surface area contributed by atoms with E-state index in [-0.39, 0.29) is 18.4 Å². The molecule has 0 aromatic heterocycles. The molecule has 0 aliphatic heterocycles. The number of carbonyl (C=O) groups excluding carboxylic acids is 2. The summed E-state index contributed by atoms with van der Waals surface area (Å²) in [4.78, 5) is 27.1. The van der Waals surface area contributed by atoms with Crippen LogP contribution in [0.2, 0.25) is 0 Å². The Morgan fingerprint density at radius 3 is 2.42 bits per heavy atom. The van der Waals surface area contributed by atoms with Gasteiger partial charge in [0.2, 0.25) is 5.91 Å². The Balaban J connectivity index is 2.19. The van der Waals surface area contributed by atoms with Gasteiger partial charge in [0.1, 0.15) is 12.1 Å². The van der Waals surface area contributed by atoms with Gasteiger partial charge in [-0.1, -0.05) is 37.5 Å². The van der Waals surface area contributed by atoms with Crippen molar-refractivity contribution in [2.75, 3.05) is 11.4 Å². The highest BCUT2D eigenvalue weighted by atomic mass is 16.6. The second kappa shape index (κ2) is 9.20. The van der Waals surface area contributed by atoms with Gasteiger partial charge < -0.3 is 9.64 Å². The normalized spacial score (nSPS) is 15.5. The Kier molecular flexibility index (Phi) is 7.24. The lowest BCUT2D eigenvalue weighted by Gasteiger charge is -2.29. The highest BCUT2D eigenvalue weighted by Crippen LogP contribution is 2.29. The van der Waals surface area contributed by atoms with E-state index < -0.39 is 5.60 Å². The number of nitrogens with zero attached hydrogens (tertiary/aromatic N) is 1. The highest BCUT2D eigenvalue weighted by Gasteiger charge is 2.27. The van der Waals surface area contributed by atoms with E-state index in [0.717, 1.165) is 24.1 Å². The Labute approximate surface area is 157 Å². The van der Waals surface area contributed by atoms with Crippen LogP contribution < -0.4 is 4.90 Å². The van der Waals surface area contributed by atoms with E-state index in [0.29, 0.717) is 18.8 Å². The van der Waals surface area contributed by atoms with Crippen molar-refractivity contribution in [1.29, 1.82) is 0 Å². The van der Waals surface area contributed by atoms with Gasteiger partial charge in [0.15, 0.2) is 0 Å². The van der Waals surface area contributed by atoms with Crippen LogP contribution in [-0.4, -0.2) is 24.0 Å². The zero-order valence-corrected chi connectivity index (χ0v) is 16.4. The number of hydrogen-bond acceptors (Lipinski definition) is 3. The minimum Gasteiger partial charge on any atom is -0.459 e. The zero-order valence-electron chi connectivity index (χ0n) is 16.4. The second-order valence-corrected chi connectivity index (χ2v) is 8.15. The molecule has 0 spiro atoms. The standard InChI is InChI=1S/C22H32NO3/c1-5-18-13-9-10-14-19(18)23(16-21(25)26-22(2,3)4)20(24)15-17-11-7-6-8-12-17/h9-10,13-14,17H,1,5-8,11-12,15-16H2,2-4H3. The number of benzene rings is 1. The molecule has 1 aromatic rings. The lowest BCUT2D eigenvalue weighted by molar-refractivity contribution is -0.153. The maximum absolute atomic E-state index is 13.1. The molecule has 143 valence electrons. The lowest BCUT2D eigenvalue weighted by Crippen LogP contribution is -2.40. The largest absolute Gasteiger partial charge is 0.459 e. The summed E-state index contributed by atoms with van der Waals surface area (Å²) < 4.78 is 5.45. The number of hydrogen-bond donors (Lipinski definition) is 0. The van der Waals surface area contributed by atoms with E-state index >= 15 is 0 Å². The van der Waals surface area contributed by atoms with Crippen LogP contribution in [0.4, 0.5) is 5.69 Å². The number of ether oxygens (including phenoxy) is 1. The maximum Gasteiger partial charge on any atom is 0.326 e. The third kappa shape index (κ3) is 6.15. The average Bonchev–Trinajstić information content (AvgIpc) is 2.59. The number of rotatable bonds is 6. The number of carbonyl (C=O) groups is 2. The molecule has 0 heterocycles. The van der Waals surface area contributed by atoms with Crippen LogP contribution in [-0.2, 0) is 20.7 Å². The quantitative estimate of drug-likeness (QED) is 0.692. The van der Waals surface area contributed by atoms with Crippen molar-refractivity contribution in [3.63, 3.8) is 0 Å². The molecule has 0 atom stereocenters. The smallest absolute Gasteiger partial charge is 0.326 e. The fraction of sp³-hybridized carbons (Fsp3) is 0.591. The molecule has 2 rings (SSSR count). The van der Waals surface area contributed by atoms with E-state index in [2.05, 4.69) is 6.92 Å². The summed E-state index contributed by atoms with van der Waals surface area (Å²) in [5, 5.41) is 0. The fourth-order valence-electron chi connectivity index (χ4n) is 3.54. The number of amides is 1. The van der Waals surface area contributed by atoms with Gasteiger partial charge >= 0.3 is 5.97 Å². The predicted octanol–water partition coefficient (Wildman–Crippen LogP) is 4.71. The lowest BCUT2D eigenvalue weighted by atomic mass is 9.86. The van der Waals surface area contributed by atoms with Crippen molar-refractivity contribution in [2.24, 2.45) is 5.92 Å². The summed E-state index contributed by atoms with van der Waals surface area (Å²) in [6, 6.07) is 7.67. The van der Waals surface area contributed by atoms with Gasteiger partial charge in [0, 0.05) is 12.1 Å². The van der Waals surface area contributed by atoms with Crippen LogP contribution in [0.5, 0.6) is 0 Å².